The van der Waals surface area contributed by atoms with Crippen molar-refractivity contribution < 1.29 is 27.9 Å². The summed E-state index contributed by atoms with van der Waals surface area (Å²) in [7, 11) is -3.50. The van der Waals surface area contributed by atoms with Gasteiger partial charge in [-0.1, -0.05) is 0 Å². The zero-order valence-corrected chi connectivity index (χ0v) is 12.5. The lowest BCUT2D eigenvalue weighted by Gasteiger charge is -2.31. The molecular weight excluding hydrogens is 302 g/mol. The van der Waals surface area contributed by atoms with Crippen LogP contribution >= 0.6 is 0 Å². The van der Waals surface area contributed by atoms with Crippen LogP contribution in [-0.4, -0.2) is 68.5 Å². The lowest BCUT2D eigenvalue weighted by molar-refractivity contribution is -0.145. The van der Waals surface area contributed by atoms with E-state index in [4.69, 9.17) is 15.0 Å². The van der Waals surface area contributed by atoms with Crippen LogP contribution in [-0.2, 0) is 19.6 Å². The number of ether oxygens (including phenoxy) is 1. The monoisotopic (exact) mass is 323 g/mol. The fourth-order valence-electron chi connectivity index (χ4n) is 2.00. The lowest BCUT2D eigenvalue weighted by Crippen LogP contribution is -2.46. The predicted octanol–water partition coefficient (Wildman–Crippen LogP) is -1.06. The number of amides is 2. The summed E-state index contributed by atoms with van der Waals surface area (Å²) in [6, 6.07) is -0.263. The molecule has 0 bridgehead atoms. The minimum absolute atomic E-state index is 0.146. The Morgan fingerprint density at radius 2 is 1.95 bits per heavy atom. The first-order valence-electron chi connectivity index (χ1n) is 6.64. The van der Waals surface area contributed by atoms with E-state index in [0.29, 0.717) is 25.9 Å². The second kappa shape index (κ2) is 8.15. The average molecular weight is 323 g/mol. The second-order valence-electron chi connectivity index (χ2n) is 4.84. The third kappa shape index (κ3) is 7.83. The van der Waals surface area contributed by atoms with Crippen molar-refractivity contribution in [3.05, 3.63) is 0 Å². The van der Waals surface area contributed by atoms with E-state index in [2.05, 4.69) is 5.32 Å². The Balaban J connectivity index is 2.18. The predicted molar refractivity (Wildman–Crippen MR) is 74.2 cm³/mol. The fraction of sp³-hybridized carbons (Fsp3) is 0.818. The zero-order valence-electron chi connectivity index (χ0n) is 11.7. The van der Waals surface area contributed by atoms with Gasteiger partial charge in [-0.05, 0) is 19.3 Å². The summed E-state index contributed by atoms with van der Waals surface area (Å²) in [5, 5.41) is 16.0. The molecule has 1 aliphatic rings. The Kier molecular flexibility index (Phi) is 6.85. The zero-order chi connectivity index (χ0) is 15.9. The molecule has 0 saturated carbocycles. The van der Waals surface area contributed by atoms with Crippen molar-refractivity contribution >= 4 is 22.0 Å². The van der Waals surface area contributed by atoms with Crippen LogP contribution in [0, 0.1) is 0 Å². The summed E-state index contributed by atoms with van der Waals surface area (Å²) in [6.45, 7) is 0.867. The maximum Gasteiger partial charge on any atom is 0.329 e. The van der Waals surface area contributed by atoms with E-state index in [1.165, 1.54) is 0 Å². The number of sulfonamides is 1. The number of nitrogens with one attached hydrogen (secondary N) is 1. The van der Waals surface area contributed by atoms with Crippen molar-refractivity contribution in [3.8, 4) is 0 Å². The van der Waals surface area contributed by atoms with Gasteiger partial charge in [0.05, 0.1) is 11.9 Å². The van der Waals surface area contributed by atoms with Gasteiger partial charge in [-0.15, -0.1) is 0 Å². The van der Waals surface area contributed by atoms with Gasteiger partial charge in [0.2, 0.25) is 10.0 Å². The van der Waals surface area contributed by atoms with Gasteiger partial charge in [-0.3, -0.25) is 0 Å². The Hall–Kier alpha value is -1.39. The normalized spacial score (nSPS) is 16.7. The minimum atomic E-state index is -3.50. The highest BCUT2D eigenvalue weighted by atomic mass is 32.2. The number of likely N-dealkylation sites (tertiary alicyclic amines) is 1. The maximum atomic E-state index is 11.8. The molecule has 0 radical (unpaired) electrons. The van der Waals surface area contributed by atoms with Gasteiger partial charge in [0.25, 0.3) is 0 Å². The SMILES string of the molecule is NS(=O)(=O)CCCNC(=O)N1CCC(OCC(=O)O)CC1. The molecule has 1 rings (SSSR count). The number of primary sulfonamides is 1. The van der Waals surface area contributed by atoms with Crippen molar-refractivity contribution in [1.82, 2.24) is 10.2 Å². The van der Waals surface area contributed by atoms with Crippen LogP contribution in [0.5, 0.6) is 0 Å². The summed E-state index contributed by atoms with van der Waals surface area (Å²) in [5.41, 5.74) is 0. The van der Waals surface area contributed by atoms with Crippen molar-refractivity contribution in [1.29, 1.82) is 0 Å². The van der Waals surface area contributed by atoms with E-state index < -0.39 is 16.0 Å². The van der Waals surface area contributed by atoms with E-state index in [0.717, 1.165) is 0 Å². The Morgan fingerprint density at radius 3 is 2.48 bits per heavy atom. The van der Waals surface area contributed by atoms with E-state index >= 15 is 0 Å². The van der Waals surface area contributed by atoms with Crippen LogP contribution in [0.25, 0.3) is 0 Å². The third-order valence-electron chi connectivity index (χ3n) is 3.05. The molecule has 2 amide bonds. The Labute approximate surface area is 123 Å². The highest BCUT2D eigenvalue weighted by Gasteiger charge is 2.23. The first kappa shape index (κ1) is 17.7. The van der Waals surface area contributed by atoms with E-state index in [1.54, 1.807) is 4.90 Å². The molecule has 122 valence electrons. The van der Waals surface area contributed by atoms with E-state index in [9.17, 15) is 18.0 Å². The molecule has 1 aliphatic heterocycles. The number of hydrogen-bond acceptors (Lipinski definition) is 5. The lowest BCUT2D eigenvalue weighted by atomic mass is 10.1. The van der Waals surface area contributed by atoms with E-state index in [-0.39, 0.29) is 37.5 Å². The standard InChI is InChI=1S/C11H21N3O6S/c12-21(18,19)7-1-4-13-11(17)14-5-2-9(3-6-14)20-8-10(15)16/h9H,1-8H2,(H,13,17)(H,15,16)(H2,12,18,19). The number of nitrogens with zero attached hydrogens (tertiary/aromatic N) is 1. The summed E-state index contributed by atoms with van der Waals surface area (Å²) < 4.78 is 26.6. The molecule has 1 heterocycles. The number of hydrogen-bond donors (Lipinski definition) is 3. The van der Waals surface area contributed by atoms with Crippen molar-refractivity contribution in [2.75, 3.05) is 32.0 Å². The van der Waals surface area contributed by atoms with Crippen LogP contribution in [0.1, 0.15) is 19.3 Å². The second-order valence-corrected chi connectivity index (χ2v) is 6.58. The number of piperidine rings is 1. The summed E-state index contributed by atoms with van der Waals surface area (Å²) in [4.78, 5) is 23.8. The summed E-state index contributed by atoms with van der Waals surface area (Å²) >= 11 is 0. The number of carboxylic acids is 1. The highest BCUT2D eigenvalue weighted by molar-refractivity contribution is 7.89. The molecule has 0 aliphatic carbocycles. The molecule has 4 N–H and O–H groups in total. The number of carboxylic acid groups (broad SMARTS) is 1. The number of aliphatic carboxylic acids is 1. The highest BCUT2D eigenvalue weighted by Crippen LogP contribution is 2.13. The van der Waals surface area contributed by atoms with Crippen molar-refractivity contribution in [2.24, 2.45) is 5.14 Å². The Morgan fingerprint density at radius 1 is 1.33 bits per heavy atom. The fourth-order valence-corrected chi connectivity index (χ4v) is 2.54. The first-order valence-corrected chi connectivity index (χ1v) is 8.36. The van der Waals surface area contributed by atoms with Gasteiger partial charge in [0.15, 0.2) is 0 Å². The van der Waals surface area contributed by atoms with Gasteiger partial charge in [0, 0.05) is 19.6 Å². The molecule has 0 aromatic carbocycles. The van der Waals surface area contributed by atoms with E-state index in [1.807, 2.05) is 0 Å². The molecule has 0 aromatic rings. The molecule has 1 fully saturated rings. The molecule has 1 saturated heterocycles. The van der Waals surface area contributed by atoms with Gasteiger partial charge >= 0.3 is 12.0 Å². The average Bonchev–Trinajstić information content (AvgIpc) is 2.40. The van der Waals surface area contributed by atoms with Gasteiger partial charge in [0.1, 0.15) is 6.61 Å². The van der Waals surface area contributed by atoms with Crippen LogP contribution in [0.15, 0.2) is 0 Å². The molecular formula is C11H21N3O6S. The van der Waals surface area contributed by atoms with Gasteiger partial charge in [-0.2, -0.15) is 0 Å². The number of carbonyl (C=O) groups excluding carboxylic acids is 1. The van der Waals surface area contributed by atoms with Crippen molar-refractivity contribution in [3.63, 3.8) is 0 Å². The largest absolute Gasteiger partial charge is 0.480 e. The van der Waals surface area contributed by atoms with Crippen LogP contribution in [0.3, 0.4) is 0 Å². The van der Waals surface area contributed by atoms with Crippen LogP contribution in [0.4, 0.5) is 4.79 Å². The molecule has 0 aromatic heterocycles. The molecule has 0 atom stereocenters. The molecule has 10 heteroatoms. The van der Waals surface area contributed by atoms with Gasteiger partial charge < -0.3 is 20.1 Å². The summed E-state index contributed by atoms with van der Waals surface area (Å²) in [5.74, 6) is -1.18. The third-order valence-corrected chi connectivity index (χ3v) is 3.91. The minimum Gasteiger partial charge on any atom is -0.480 e. The molecule has 21 heavy (non-hydrogen) atoms. The topological polar surface area (TPSA) is 139 Å². The number of nitrogens with two attached hydrogens (primary N) is 1. The first-order chi connectivity index (χ1) is 9.78. The van der Waals surface area contributed by atoms with Crippen LogP contribution in [0.2, 0.25) is 0 Å². The number of rotatable bonds is 7. The molecule has 0 spiro atoms. The summed E-state index contributed by atoms with van der Waals surface area (Å²) in [6.07, 6.45) is 1.28. The maximum absolute atomic E-state index is 11.8. The van der Waals surface area contributed by atoms with Crippen LogP contribution < -0.4 is 10.5 Å². The van der Waals surface area contributed by atoms with Gasteiger partial charge in [-0.25, -0.2) is 23.1 Å². The molecule has 0 unspecified atom stereocenters. The number of urea groups is 1. The molecule has 9 nitrogen and oxygen atoms in total. The van der Waals surface area contributed by atoms with Crippen molar-refractivity contribution in [2.45, 2.75) is 25.4 Å². The quantitative estimate of drug-likeness (QED) is 0.510. The smallest absolute Gasteiger partial charge is 0.329 e. The number of carbonyl (C=O) groups is 2. The Bertz CT molecular complexity index is 459.